The van der Waals surface area contributed by atoms with Crippen LogP contribution in [-0.2, 0) is 6.42 Å². The first-order valence-corrected chi connectivity index (χ1v) is 5.71. The van der Waals surface area contributed by atoms with Gasteiger partial charge in [-0.1, -0.05) is 30.3 Å². The Hall–Kier alpha value is -2.43. The maximum absolute atomic E-state index is 11.9. The monoisotopic (exact) mass is 240 g/mol. The number of nitrogens with zero attached hydrogens (tertiary/aromatic N) is 3. The van der Waals surface area contributed by atoms with Crippen LogP contribution in [-0.4, -0.2) is 19.6 Å². The maximum atomic E-state index is 11.9. The molecule has 0 unspecified atom stereocenters. The lowest BCUT2D eigenvalue weighted by molar-refractivity contribution is 0.866. The molecule has 1 N–H and O–H groups in total. The second-order valence-corrected chi connectivity index (χ2v) is 4.19. The van der Waals surface area contributed by atoms with Crippen molar-refractivity contribution >= 4 is 5.78 Å². The predicted molar refractivity (Wildman–Crippen MR) is 67.6 cm³/mol. The number of aryl methyl sites for hydroxylation is 1. The molecule has 5 heteroatoms. The fraction of sp³-hybridized carbons (Fsp3) is 0.154. The lowest BCUT2D eigenvalue weighted by Gasteiger charge is -2.00. The molecule has 0 aliphatic rings. The summed E-state index contributed by atoms with van der Waals surface area (Å²) in [7, 11) is 0. The summed E-state index contributed by atoms with van der Waals surface area (Å²) in [5.74, 6) is 1.10. The van der Waals surface area contributed by atoms with Gasteiger partial charge in [-0.25, -0.2) is 4.98 Å². The van der Waals surface area contributed by atoms with Gasteiger partial charge in [-0.3, -0.25) is 9.89 Å². The Kier molecular flexibility index (Phi) is 2.44. The zero-order chi connectivity index (χ0) is 12.5. The molecule has 0 saturated heterocycles. The lowest BCUT2D eigenvalue weighted by Crippen LogP contribution is -2.15. The highest BCUT2D eigenvalue weighted by molar-refractivity contribution is 5.30. The molecule has 0 aliphatic heterocycles. The molecule has 3 aromatic rings. The molecule has 0 amide bonds. The fourth-order valence-electron chi connectivity index (χ4n) is 1.93. The molecule has 0 fully saturated rings. The Morgan fingerprint density at radius 3 is 2.78 bits per heavy atom. The van der Waals surface area contributed by atoms with Crippen molar-refractivity contribution in [3.05, 3.63) is 63.8 Å². The second kappa shape index (κ2) is 4.10. The third-order valence-corrected chi connectivity index (χ3v) is 2.72. The zero-order valence-electron chi connectivity index (χ0n) is 9.92. The van der Waals surface area contributed by atoms with Crippen LogP contribution in [0.5, 0.6) is 0 Å². The van der Waals surface area contributed by atoms with Crippen LogP contribution in [0.15, 0.2) is 41.2 Å². The molecule has 0 atom stereocenters. The van der Waals surface area contributed by atoms with Crippen LogP contribution < -0.4 is 5.56 Å². The van der Waals surface area contributed by atoms with Gasteiger partial charge < -0.3 is 0 Å². The van der Waals surface area contributed by atoms with E-state index in [-0.39, 0.29) is 5.56 Å². The van der Waals surface area contributed by atoms with Gasteiger partial charge in [0.15, 0.2) is 0 Å². The average Bonchev–Trinajstić information content (AvgIpc) is 2.72. The number of rotatable bonds is 2. The Balaban J connectivity index is 2.05. The minimum absolute atomic E-state index is 0.133. The van der Waals surface area contributed by atoms with Crippen LogP contribution in [0.4, 0.5) is 0 Å². The summed E-state index contributed by atoms with van der Waals surface area (Å²) < 4.78 is 1.35. The normalized spacial score (nSPS) is 10.9. The summed E-state index contributed by atoms with van der Waals surface area (Å²) in [4.78, 5) is 20.4. The van der Waals surface area contributed by atoms with Crippen LogP contribution in [0.1, 0.15) is 17.1 Å². The molecule has 18 heavy (non-hydrogen) atoms. The number of nitrogens with one attached hydrogen (secondary N) is 1. The number of hydrogen-bond acceptors (Lipinski definition) is 3. The molecule has 0 saturated carbocycles. The highest BCUT2D eigenvalue weighted by atomic mass is 16.1. The third kappa shape index (κ3) is 1.90. The molecule has 0 radical (unpaired) electrons. The standard InChI is InChI=1S/C13H12N4O/c1-9-14-13-15-11(8-12(18)17(13)16-9)7-10-5-3-2-4-6-10/h2-6,8H,7H2,1H3,(H,14,15,16). The number of benzene rings is 1. The van der Waals surface area contributed by atoms with Crippen LogP contribution in [0, 0.1) is 6.92 Å². The van der Waals surface area contributed by atoms with Crippen LogP contribution in [0.2, 0.25) is 0 Å². The first-order chi connectivity index (χ1) is 8.72. The molecular formula is C13H12N4O. The maximum Gasteiger partial charge on any atom is 0.274 e. The molecule has 1 aromatic carbocycles. The minimum Gasteiger partial charge on any atom is -0.275 e. The van der Waals surface area contributed by atoms with Gasteiger partial charge in [0.05, 0.1) is 5.69 Å². The van der Waals surface area contributed by atoms with Crippen molar-refractivity contribution < 1.29 is 0 Å². The van der Waals surface area contributed by atoms with E-state index in [1.165, 1.54) is 10.6 Å². The molecule has 3 rings (SSSR count). The van der Waals surface area contributed by atoms with Crippen molar-refractivity contribution in [1.82, 2.24) is 19.6 Å². The summed E-state index contributed by atoms with van der Waals surface area (Å²) in [6.07, 6.45) is 0.637. The molecule has 0 spiro atoms. The van der Waals surface area contributed by atoms with Crippen molar-refractivity contribution in [2.45, 2.75) is 13.3 Å². The van der Waals surface area contributed by atoms with Crippen molar-refractivity contribution in [2.24, 2.45) is 0 Å². The SMILES string of the molecule is Cc1nc2nc(Cc3ccccc3)cc(=O)n2[nH]1. The quantitative estimate of drug-likeness (QED) is 0.734. The Labute approximate surface area is 103 Å². The van der Waals surface area contributed by atoms with Crippen molar-refractivity contribution in [2.75, 3.05) is 0 Å². The van der Waals surface area contributed by atoms with E-state index in [1.807, 2.05) is 30.3 Å². The largest absolute Gasteiger partial charge is 0.275 e. The van der Waals surface area contributed by atoms with Gasteiger partial charge in [0.2, 0.25) is 0 Å². The van der Waals surface area contributed by atoms with E-state index in [4.69, 9.17) is 0 Å². The summed E-state index contributed by atoms with van der Waals surface area (Å²) in [5, 5.41) is 2.85. The number of aromatic amines is 1. The van der Waals surface area contributed by atoms with Crippen LogP contribution in [0.3, 0.4) is 0 Å². The van der Waals surface area contributed by atoms with E-state index >= 15 is 0 Å². The molecular weight excluding hydrogens is 228 g/mol. The minimum atomic E-state index is -0.133. The van der Waals surface area contributed by atoms with Gasteiger partial charge in [-0.05, 0) is 12.5 Å². The third-order valence-electron chi connectivity index (χ3n) is 2.72. The highest BCUT2D eigenvalue weighted by Gasteiger charge is 2.06. The summed E-state index contributed by atoms with van der Waals surface area (Å²) in [5.41, 5.74) is 1.73. The second-order valence-electron chi connectivity index (χ2n) is 4.19. The van der Waals surface area contributed by atoms with Gasteiger partial charge in [0.25, 0.3) is 11.3 Å². The van der Waals surface area contributed by atoms with E-state index in [0.717, 1.165) is 11.3 Å². The van der Waals surface area contributed by atoms with Gasteiger partial charge in [-0.15, -0.1) is 0 Å². The number of fused-ring (bicyclic) bond motifs is 1. The van der Waals surface area contributed by atoms with E-state index in [1.54, 1.807) is 6.92 Å². The van der Waals surface area contributed by atoms with E-state index in [0.29, 0.717) is 18.0 Å². The molecule has 90 valence electrons. The average molecular weight is 240 g/mol. The Morgan fingerprint density at radius 1 is 1.22 bits per heavy atom. The van der Waals surface area contributed by atoms with Crippen LogP contribution in [0.25, 0.3) is 5.78 Å². The van der Waals surface area contributed by atoms with Gasteiger partial charge in [-0.2, -0.15) is 9.50 Å². The number of hydrogen-bond donors (Lipinski definition) is 1. The number of H-pyrrole nitrogens is 1. The van der Waals surface area contributed by atoms with Crippen molar-refractivity contribution in [3.8, 4) is 0 Å². The van der Waals surface area contributed by atoms with Crippen LogP contribution >= 0.6 is 0 Å². The lowest BCUT2D eigenvalue weighted by atomic mass is 10.1. The Bertz CT molecular complexity index is 743. The van der Waals surface area contributed by atoms with E-state index < -0.39 is 0 Å². The van der Waals surface area contributed by atoms with Crippen molar-refractivity contribution in [3.63, 3.8) is 0 Å². The van der Waals surface area contributed by atoms with Crippen molar-refractivity contribution in [1.29, 1.82) is 0 Å². The zero-order valence-corrected chi connectivity index (χ0v) is 9.92. The van der Waals surface area contributed by atoms with Gasteiger partial charge in [0, 0.05) is 12.5 Å². The Morgan fingerprint density at radius 2 is 2.00 bits per heavy atom. The molecule has 2 heterocycles. The first kappa shape index (κ1) is 10.7. The summed E-state index contributed by atoms with van der Waals surface area (Å²) >= 11 is 0. The smallest absolute Gasteiger partial charge is 0.274 e. The summed E-state index contributed by atoms with van der Waals surface area (Å²) in [6.45, 7) is 1.80. The molecule has 2 aromatic heterocycles. The molecule has 5 nitrogen and oxygen atoms in total. The first-order valence-electron chi connectivity index (χ1n) is 5.71. The van der Waals surface area contributed by atoms with Gasteiger partial charge >= 0.3 is 0 Å². The fourth-order valence-corrected chi connectivity index (χ4v) is 1.93. The molecule has 0 aliphatic carbocycles. The summed E-state index contributed by atoms with van der Waals surface area (Å²) in [6, 6.07) is 11.5. The van der Waals surface area contributed by atoms with E-state index in [9.17, 15) is 4.79 Å². The highest BCUT2D eigenvalue weighted by Crippen LogP contribution is 2.06. The molecule has 0 bridgehead atoms. The van der Waals surface area contributed by atoms with E-state index in [2.05, 4.69) is 15.1 Å². The topological polar surface area (TPSA) is 63.1 Å². The van der Waals surface area contributed by atoms with Gasteiger partial charge in [0.1, 0.15) is 5.82 Å². The number of aromatic nitrogens is 4. The predicted octanol–water partition coefficient (Wildman–Crippen LogP) is 1.32.